The number of nitrogens with zero attached hydrogens (tertiary/aromatic N) is 2. The quantitative estimate of drug-likeness (QED) is 0.337. The van der Waals surface area contributed by atoms with Gasteiger partial charge in [-0.15, -0.1) is 0 Å². The molecule has 0 radical (unpaired) electrons. The minimum absolute atomic E-state index is 0.136. The number of ether oxygens (including phenoxy) is 1. The lowest BCUT2D eigenvalue weighted by Gasteiger charge is -2.29. The summed E-state index contributed by atoms with van der Waals surface area (Å²) < 4.78 is 7.96. The van der Waals surface area contributed by atoms with Crippen LogP contribution in [0.1, 0.15) is 38.5 Å². The largest absolute Gasteiger partial charge is 0.426 e. The van der Waals surface area contributed by atoms with Crippen LogP contribution in [0.4, 0.5) is 5.82 Å². The van der Waals surface area contributed by atoms with Crippen LogP contribution in [0.2, 0.25) is 0 Å². The Kier molecular flexibility index (Phi) is 5.45. The predicted molar refractivity (Wildman–Crippen MR) is 142 cm³/mol. The SMILES string of the molecule is Cn1c2c(c(=O)n(C)c1=O)[C@H](c1ccc(OC(=O)Cc3ccccc3)cc1)C1=C(N2)c2ccccc2C1=O. The zero-order valence-corrected chi connectivity index (χ0v) is 20.7. The second-order valence-corrected chi connectivity index (χ2v) is 9.39. The Hall–Kier alpha value is -4.98. The van der Waals surface area contributed by atoms with Crippen molar-refractivity contribution in [2.24, 2.45) is 14.1 Å². The number of benzene rings is 3. The van der Waals surface area contributed by atoms with Gasteiger partial charge in [0.25, 0.3) is 5.56 Å². The van der Waals surface area contributed by atoms with E-state index in [4.69, 9.17) is 4.74 Å². The van der Waals surface area contributed by atoms with Crippen LogP contribution in [-0.4, -0.2) is 20.9 Å². The fourth-order valence-corrected chi connectivity index (χ4v) is 5.25. The van der Waals surface area contributed by atoms with Gasteiger partial charge in [0.1, 0.15) is 11.6 Å². The number of nitrogens with one attached hydrogen (secondary N) is 1. The molecule has 1 aliphatic carbocycles. The number of hydrogen-bond donors (Lipinski definition) is 1. The molecule has 0 saturated carbocycles. The summed E-state index contributed by atoms with van der Waals surface area (Å²) in [7, 11) is 3.01. The summed E-state index contributed by atoms with van der Waals surface area (Å²) in [5.41, 5.74) is 3.17. The summed E-state index contributed by atoms with van der Waals surface area (Å²) in [5.74, 6) is -0.586. The molecule has 3 aromatic carbocycles. The van der Waals surface area contributed by atoms with Gasteiger partial charge in [0.05, 0.1) is 17.7 Å². The first-order valence-electron chi connectivity index (χ1n) is 12.1. The van der Waals surface area contributed by atoms with Crippen molar-refractivity contribution in [3.63, 3.8) is 0 Å². The normalized spacial score (nSPS) is 15.4. The molecule has 38 heavy (non-hydrogen) atoms. The van der Waals surface area contributed by atoms with Crippen LogP contribution in [0.5, 0.6) is 5.75 Å². The van der Waals surface area contributed by atoms with E-state index in [1.807, 2.05) is 42.5 Å². The van der Waals surface area contributed by atoms with Crippen LogP contribution in [0.25, 0.3) is 5.70 Å². The predicted octanol–water partition coefficient (Wildman–Crippen LogP) is 3.40. The Bertz CT molecular complexity index is 1780. The van der Waals surface area contributed by atoms with Gasteiger partial charge in [-0.3, -0.25) is 23.5 Å². The van der Waals surface area contributed by atoms with E-state index in [-0.39, 0.29) is 12.2 Å². The van der Waals surface area contributed by atoms with E-state index in [0.29, 0.717) is 39.5 Å². The summed E-state index contributed by atoms with van der Waals surface area (Å²) in [6.45, 7) is 0. The number of carbonyl (C=O) groups excluding carboxylic acids is 2. The van der Waals surface area contributed by atoms with Crippen molar-refractivity contribution in [2.75, 3.05) is 5.32 Å². The van der Waals surface area contributed by atoms with Gasteiger partial charge >= 0.3 is 11.7 Å². The summed E-state index contributed by atoms with van der Waals surface area (Å²) >= 11 is 0. The fourth-order valence-electron chi connectivity index (χ4n) is 5.25. The highest BCUT2D eigenvalue weighted by Crippen LogP contribution is 2.47. The van der Waals surface area contributed by atoms with Crippen LogP contribution in [0.15, 0.2) is 94.0 Å². The monoisotopic (exact) mass is 505 g/mol. The molecular weight excluding hydrogens is 482 g/mol. The number of aromatic nitrogens is 2. The number of rotatable bonds is 4. The van der Waals surface area contributed by atoms with E-state index in [1.165, 1.54) is 11.6 Å². The molecule has 0 amide bonds. The Morgan fingerprint density at radius 1 is 0.842 bits per heavy atom. The third kappa shape index (κ3) is 3.61. The van der Waals surface area contributed by atoms with Crippen LogP contribution in [0, 0.1) is 0 Å². The zero-order valence-electron chi connectivity index (χ0n) is 20.7. The van der Waals surface area contributed by atoms with Crippen molar-refractivity contribution in [3.05, 3.63) is 133 Å². The van der Waals surface area contributed by atoms with Gasteiger partial charge < -0.3 is 10.1 Å². The summed E-state index contributed by atoms with van der Waals surface area (Å²) in [6.07, 6.45) is 0.136. The second kappa shape index (κ2) is 8.85. The molecule has 188 valence electrons. The molecule has 0 saturated heterocycles. The van der Waals surface area contributed by atoms with Gasteiger partial charge in [-0.25, -0.2) is 4.79 Å². The van der Waals surface area contributed by atoms with E-state index in [9.17, 15) is 19.2 Å². The van der Waals surface area contributed by atoms with Crippen molar-refractivity contribution in [1.82, 2.24) is 9.13 Å². The second-order valence-electron chi connectivity index (χ2n) is 9.39. The molecule has 6 rings (SSSR count). The maximum atomic E-state index is 13.6. The van der Waals surface area contributed by atoms with E-state index in [2.05, 4.69) is 5.32 Å². The van der Waals surface area contributed by atoms with Crippen LogP contribution >= 0.6 is 0 Å². The third-order valence-electron chi connectivity index (χ3n) is 7.11. The van der Waals surface area contributed by atoms with Crippen molar-refractivity contribution in [2.45, 2.75) is 12.3 Å². The maximum absolute atomic E-state index is 13.6. The molecule has 4 aromatic rings. The number of hydrogen-bond acceptors (Lipinski definition) is 6. The highest BCUT2D eigenvalue weighted by Gasteiger charge is 2.42. The van der Waals surface area contributed by atoms with E-state index >= 15 is 0 Å². The standard InChI is InChI=1S/C30H23N3O5/c1-32-28-25(29(36)33(2)30(32)37)23(24-26(31-28)20-10-6-7-11-21(20)27(24)35)18-12-14-19(15-13-18)38-22(34)16-17-8-4-3-5-9-17/h3-15,23,31H,16H2,1-2H3/t23-/m1/s1. The van der Waals surface area contributed by atoms with Crippen molar-refractivity contribution < 1.29 is 14.3 Å². The smallest absolute Gasteiger partial charge is 0.332 e. The molecule has 1 aliphatic heterocycles. The number of allylic oxidation sites excluding steroid dienone is 1. The zero-order chi connectivity index (χ0) is 26.6. The first kappa shape index (κ1) is 23.4. The Morgan fingerprint density at radius 2 is 1.50 bits per heavy atom. The van der Waals surface area contributed by atoms with Crippen molar-refractivity contribution >= 4 is 23.3 Å². The van der Waals surface area contributed by atoms with E-state index in [1.54, 1.807) is 43.4 Å². The fraction of sp³-hybridized carbons (Fsp3) is 0.133. The number of anilines is 1. The average Bonchev–Trinajstić information content (AvgIpc) is 3.22. The molecule has 8 heteroatoms. The summed E-state index contributed by atoms with van der Waals surface area (Å²) in [5, 5.41) is 3.22. The Labute approximate surface area is 217 Å². The van der Waals surface area contributed by atoms with Gasteiger partial charge in [0.2, 0.25) is 0 Å². The summed E-state index contributed by atoms with van der Waals surface area (Å²) in [6, 6.07) is 23.4. The molecule has 0 bridgehead atoms. The van der Waals surface area contributed by atoms with Gasteiger partial charge in [-0.1, -0.05) is 66.7 Å². The van der Waals surface area contributed by atoms with E-state index < -0.39 is 23.1 Å². The first-order valence-corrected chi connectivity index (χ1v) is 12.1. The van der Waals surface area contributed by atoms with Crippen molar-refractivity contribution in [1.29, 1.82) is 0 Å². The van der Waals surface area contributed by atoms with Gasteiger partial charge in [0, 0.05) is 36.7 Å². The van der Waals surface area contributed by atoms with Crippen LogP contribution < -0.4 is 21.3 Å². The van der Waals surface area contributed by atoms with Crippen molar-refractivity contribution in [3.8, 4) is 5.75 Å². The highest BCUT2D eigenvalue weighted by atomic mass is 16.5. The number of fused-ring (bicyclic) bond motifs is 3. The lowest BCUT2D eigenvalue weighted by Crippen LogP contribution is -2.42. The molecule has 2 aliphatic rings. The van der Waals surface area contributed by atoms with Crippen LogP contribution in [0.3, 0.4) is 0 Å². The molecule has 0 unspecified atom stereocenters. The topological polar surface area (TPSA) is 99.4 Å². The molecule has 0 fully saturated rings. The van der Waals surface area contributed by atoms with Gasteiger partial charge in [0.15, 0.2) is 5.78 Å². The molecule has 0 spiro atoms. The third-order valence-corrected chi connectivity index (χ3v) is 7.11. The number of carbonyl (C=O) groups is 2. The molecule has 1 atom stereocenters. The molecule has 1 aromatic heterocycles. The van der Waals surface area contributed by atoms with Crippen LogP contribution in [-0.2, 0) is 25.3 Å². The number of ketones is 1. The number of esters is 1. The van der Waals surface area contributed by atoms with Gasteiger partial charge in [-0.2, -0.15) is 0 Å². The molecular formula is C30H23N3O5. The highest BCUT2D eigenvalue weighted by molar-refractivity contribution is 6.23. The van der Waals surface area contributed by atoms with Gasteiger partial charge in [-0.05, 0) is 23.3 Å². The maximum Gasteiger partial charge on any atom is 0.332 e. The lowest BCUT2D eigenvalue weighted by molar-refractivity contribution is -0.133. The van der Waals surface area contributed by atoms with E-state index in [0.717, 1.165) is 15.7 Å². The Balaban J connectivity index is 1.43. The molecule has 2 heterocycles. The average molecular weight is 506 g/mol. The minimum atomic E-state index is -0.722. The number of Topliss-reactive ketones (excluding diaryl/α,β-unsaturated/α-hetero) is 1. The molecule has 1 N–H and O–H groups in total. The Morgan fingerprint density at radius 3 is 2.21 bits per heavy atom. The summed E-state index contributed by atoms with van der Waals surface area (Å²) in [4.78, 5) is 52.2. The molecule has 8 nitrogen and oxygen atoms in total. The minimum Gasteiger partial charge on any atom is -0.426 e. The lowest BCUT2D eigenvalue weighted by atomic mass is 9.81. The first-order chi connectivity index (χ1) is 18.3.